The van der Waals surface area contributed by atoms with Gasteiger partial charge in [-0.05, 0) is 18.2 Å². The topological polar surface area (TPSA) is 34.9 Å². The van der Waals surface area contributed by atoms with Crippen molar-refractivity contribution >= 4 is 11.6 Å². The van der Waals surface area contributed by atoms with Crippen LogP contribution in [0.1, 0.15) is 0 Å². The summed E-state index contributed by atoms with van der Waals surface area (Å²) >= 11 is 6.17. The van der Waals surface area contributed by atoms with Gasteiger partial charge >= 0.3 is 0 Å². The molecule has 0 aliphatic heterocycles. The Morgan fingerprint density at radius 1 is 0.950 bits per heavy atom. The van der Waals surface area contributed by atoms with Crippen molar-refractivity contribution < 1.29 is 0 Å². The zero-order chi connectivity index (χ0) is 13.9. The predicted octanol–water partition coefficient (Wildman–Crippen LogP) is 3.55. The summed E-state index contributed by atoms with van der Waals surface area (Å²) < 4.78 is 1.56. The molecule has 2 aromatic carbocycles. The standard InChI is InChI=1S/C16H11ClN2O/c17-14-9-5-4-8-13(14)15-11-19(16(20)10-18-15)12-6-2-1-3-7-12/h1-11H. The lowest BCUT2D eigenvalue weighted by molar-refractivity contribution is 0.960. The average Bonchev–Trinajstić information content (AvgIpc) is 2.49. The Morgan fingerprint density at radius 3 is 2.40 bits per heavy atom. The van der Waals surface area contributed by atoms with Crippen LogP contribution in [0.4, 0.5) is 0 Å². The van der Waals surface area contributed by atoms with Crippen molar-refractivity contribution in [2.45, 2.75) is 0 Å². The van der Waals surface area contributed by atoms with Crippen molar-refractivity contribution in [1.29, 1.82) is 0 Å². The first-order valence-corrected chi connectivity index (χ1v) is 6.52. The summed E-state index contributed by atoms with van der Waals surface area (Å²) in [5.74, 6) is 0. The molecule has 98 valence electrons. The minimum Gasteiger partial charge on any atom is -0.281 e. The maximum atomic E-state index is 12.0. The molecule has 1 aromatic heterocycles. The zero-order valence-corrected chi connectivity index (χ0v) is 11.3. The summed E-state index contributed by atoms with van der Waals surface area (Å²) in [6.07, 6.45) is 3.02. The molecule has 0 N–H and O–H groups in total. The SMILES string of the molecule is O=c1cnc(-c2ccccc2Cl)cn1-c1ccccc1. The molecule has 3 aromatic rings. The van der Waals surface area contributed by atoms with E-state index in [0.29, 0.717) is 10.7 Å². The molecule has 1 heterocycles. The third-order valence-corrected chi connectivity index (χ3v) is 3.32. The van der Waals surface area contributed by atoms with Crippen molar-refractivity contribution in [3.8, 4) is 16.9 Å². The van der Waals surface area contributed by atoms with Crippen LogP contribution in [-0.2, 0) is 0 Å². The van der Waals surface area contributed by atoms with Crippen molar-refractivity contribution in [3.63, 3.8) is 0 Å². The van der Waals surface area contributed by atoms with Crippen molar-refractivity contribution in [2.75, 3.05) is 0 Å². The Labute approximate surface area is 121 Å². The maximum absolute atomic E-state index is 12.0. The summed E-state index contributed by atoms with van der Waals surface area (Å²) in [5.41, 5.74) is 2.10. The summed E-state index contributed by atoms with van der Waals surface area (Å²) in [5, 5.41) is 0.610. The predicted molar refractivity (Wildman–Crippen MR) is 80.3 cm³/mol. The second-order valence-corrected chi connectivity index (χ2v) is 4.70. The van der Waals surface area contributed by atoms with Crippen molar-refractivity contribution in [2.24, 2.45) is 0 Å². The molecule has 0 spiro atoms. The lowest BCUT2D eigenvalue weighted by atomic mass is 10.1. The highest BCUT2D eigenvalue weighted by atomic mass is 35.5. The van der Waals surface area contributed by atoms with Crippen LogP contribution in [0.5, 0.6) is 0 Å². The Kier molecular flexibility index (Phi) is 3.35. The van der Waals surface area contributed by atoms with Gasteiger partial charge in [0.05, 0.1) is 16.9 Å². The highest BCUT2D eigenvalue weighted by Crippen LogP contribution is 2.25. The number of halogens is 1. The van der Waals surface area contributed by atoms with E-state index in [9.17, 15) is 4.79 Å². The second kappa shape index (κ2) is 5.31. The van der Waals surface area contributed by atoms with Crippen LogP contribution in [-0.4, -0.2) is 9.55 Å². The van der Waals surface area contributed by atoms with Gasteiger partial charge in [-0.1, -0.05) is 48.0 Å². The van der Waals surface area contributed by atoms with Gasteiger partial charge in [-0.2, -0.15) is 0 Å². The third kappa shape index (κ3) is 2.36. The highest BCUT2D eigenvalue weighted by Gasteiger charge is 2.07. The quantitative estimate of drug-likeness (QED) is 0.720. The smallest absolute Gasteiger partial charge is 0.273 e. The second-order valence-electron chi connectivity index (χ2n) is 4.30. The molecule has 0 fully saturated rings. The number of benzene rings is 2. The first-order valence-electron chi connectivity index (χ1n) is 6.15. The van der Waals surface area contributed by atoms with E-state index in [1.807, 2.05) is 48.5 Å². The number of hydrogen-bond donors (Lipinski definition) is 0. The number of nitrogens with zero attached hydrogens (tertiary/aromatic N) is 2. The van der Waals surface area contributed by atoms with E-state index in [1.54, 1.807) is 16.8 Å². The van der Waals surface area contributed by atoms with E-state index in [4.69, 9.17) is 11.6 Å². The molecule has 4 heteroatoms. The Bertz CT molecular complexity index is 797. The van der Waals surface area contributed by atoms with Gasteiger partial charge in [0.15, 0.2) is 0 Å². The molecular formula is C16H11ClN2O. The Hall–Kier alpha value is -2.39. The summed E-state index contributed by atoms with van der Waals surface area (Å²) in [4.78, 5) is 16.1. The van der Waals surface area contributed by atoms with E-state index < -0.39 is 0 Å². The minimum absolute atomic E-state index is 0.174. The van der Waals surface area contributed by atoms with Crippen molar-refractivity contribution in [3.05, 3.63) is 82.4 Å². The minimum atomic E-state index is -0.174. The van der Waals surface area contributed by atoms with Crippen molar-refractivity contribution in [1.82, 2.24) is 9.55 Å². The van der Waals surface area contributed by atoms with E-state index in [2.05, 4.69) is 4.98 Å². The molecule has 0 bridgehead atoms. The molecule has 20 heavy (non-hydrogen) atoms. The van der Waals surface area contributed by atoms with E-state index in [0.717, 1.165) is 11.3 Å². The van der Waals surface area contributed by atoms with Crippen LogP contribution in [0.15, 0.2) is 71.8 Å². The number of rotatable bonds is 2. The molecule has 3 rings (SSSR count). The fourth-order valence-corrected chi connectivity index (χ4v) is 2.24. The molecular weight excluding hydrogens is 272 g/mol. The monoisotopic (exact) mass is 282 g/mol. The lowest BCUT2D eigenvalue weighted by Crippen LogP contribution is -2.17. The highest BCUT2D eigenvalue weighted by molar-refractivity contribution is 6.33. The van der Waals surface area contributed by atoms with E-state index in [-0.39, 0.29) is 5.56 Å². The fraction of sp³-hybridized carbons (Fsp3) is 0. The Balaban J connectivity index is 2.18. The van der Waals surface area contributed by atoms with Crippen LogP contribution in [0.25, 0.3) is 16.9 Å². The summed E-state index contributed by atoms with van der Waals surface area (Å²) in [6, 6.07) is 16.9. The van der Waals surface area contributed by atoms with Gasteiger partial charge in [-0.25, -0.2) is 4.98 Å². The van der Waals surface area contributed by atoms with Gasteiger partial charge in [-0.15, -0.1) is 0 Å². The largest absolute Gasteiger partial charge is 0.281 e. The van der Waals surface area contributed by atoms with E-state index in [1.165, 1.54) is 6.20 Å². The normalized spacial score (nSPS) is 10.4. The van der Waals surface area contributed by atoms with Crippen LogP contribution < -0.4 is 5.56 Å². The molecule has 0 saturated heterocycles. The van der Waals surface area contributed by atoms with Gasteiger partial charge < -0.3 is 0 Å². The summed E-state index contributed by atoms with van der Waals surface area (Å²) in [7, 11) is 0. The Morgan fingerprint density at radius 2 is 1.65 bits per heavy atom. The first kappa shape index (κ1) is 12.6. The average molecular weight is 283 g/mol. The zero-order valence-electron chi connectivity index (χ0n) is 10.5. The number of hydrogen-bond acceptors (Lipinski definition) is 2. The molecule has 0 radical (unpaired) electrons. The molecule has 0 amide bonds. The molecule has 0 aliphatic rings. The van der Waals surface area contributed by atoms with Gasteiger partial charge in [0.2, 0.25) is 0 Å². The van der Waals surface area contributed by atoms with Gasteiger partial charge in [0.1, 0.15) is 0 Å². The van der Waals surface area contributed by atoms with Crippen LogP contribution in [0, 0.1) is 0 Å². The molecule has 0 saturated carbocycles. The fourth-order valence-electron chi connectivity index (χ4n) is 2.00. The molecule has 0 aliphatic carbocycles. The maximum Gasteiger partial charge on any atom is 0.273 e. The lowest BCUT2D eigenvalue weighted by Gasteiger charge is -2.08. The summed E-state index contributed by atoms with van der Waals surface area (Å²) in [6.45, 7) is 0. The van der Waals surface area contributed by atoms with Gasteiger partial charge in [0.25, 0.3) is 5.56 Å². The number of para-hydroxylation sites is 1. The first-order chi connectivity index (χ1) is 9.75. The van der Waals surface area contributed by atoms with E-state index >= 15 is 0 Å². The van der Waals surface area contributed by atoms with Crippen LogP contribution >= 0.6 is 11.6 Å². The molecule has 0 atom stereocenters. The van der Waals surface area contributed by atoms with Crippen LogP contribution in [0.2, 0.25) is 5.02 Å². The molecule has 0 unspecified atom stereocenters. The number of aromatic nitrogens is 2. The van der Waals surface area contributed by atoms with Crippen LogP contribution in [0.3, 0.4) is 0 Å². The van der Waals surface area contributed by atoms with Gasteiger partial charge in [-0.3, -0.25) is 9.36 Å². The van der Waals surface area contributed by atoms with Gasteiger partial charge in [0, 0.05) is 17.4 Å². The third-order valence-electron chi connectivity index (χ3n) is 2.99. The molecule has 3 nitrogen and oxygen atoms in total.